The lowest BCUT2D eigenvalue weighted by molar-refractivity contribution is 0.397. The van der Waals surface area contributed by atoms with E-state index in [0.29, 0.717) is 29.1 Å². The highest BCUT2D eigenvalue weighted by Gasteiger charge is 2.22. The normalized spacial score (nSPS) is 13.7. The second-order valence-corrected chi connectivity index (χ2v) is 8.22. The first-order valence-corrected chi connectivity index (χ1v) is 8.99. The van der Waals surface area contributed by atoms with E-state index in [1.54, 1.807) is 19.2 Å². The summed E-state index contributed by atoms with van der Waals surface area (Å²) >= 11 is 3.30. The van der Waals surface area contributed by atoms with Crippen LogP contribution in [0.4, 0.5) is 0 Å². The molecule has 1 unspecified atom stereocenters. The maximum atomic E-state index is 12.5. The fourth-order valence-electron chi connectivity index (χ4n) is 1.77. The van der Waals surface area contributed by atoms with Crippen molar-refractivity contribution >= 4 is 26.0 Å². The number of hydrogen-bond donors (Lipinski definition) is 1. The average Bonchev–Trinajstić information content (AvgIpc) is 2.43. The first-order chi connectivity index (χ1) is 9.70. The first-order valence-electron chi connectivity index (χ1n) is 6.75. The van der Waals surface area contributed by atoms with Crippen molar-refractivity contribution < 1.29 is 13.2 Å². The van der Waals surface area contributed by atoms with Gasteiger partial charge in [-0.1, -0.05) is 13.8 Å². The molecule has 0 aliphatic heterocycles. The van der Waals surface area contributed by atoms with Crippen LogP contribution in [0.3, 0.4) is 0 Å². The predicted octanol–water partition coefficient (Wildman–Crippen LogP) is 2.45. The molecule has 21 heavy (non-hydrogen) atoms. The predicted molar refractivity (Wildman–Crippen MR) is 87.9 cm³/mol. The van der Waals surface area contributed by atoms with Crippen molar-refractivity contribution in [3.05, 3.63) is 22.7 Å². The van der Waals surface area contributed by atoms with Crippen molar-refractivity contribution in [1.82, 2.24) is 4.31 Å². The fraction of sp³-hybridized carbons (Fsp3) is 0.571. The molecular weight excluding hydrogens is 356 g/mol. The molecule has 0 saturated heterocycles. The van der Waals surface area contributed by atoms with Gasteiger partial charge in [0.05, 0.1) is 16.5 Å². The summed E-state index contributed by atoms with van der Waals surface area (Å²) in [6.45, 7) is 4.45. The molecule has 0 bridgehead atoms. The Balaban J connectivity index is 2.87. The summed E-state index contributed by atoms with van der Waals surface area (Å²) in [5, 5.41) is 0. The number of rotatable bonds is 7. The molecule has 0 spiro atoms. The van der Waals surface area contributed by atoms with Gasteiger partial charge in [0.1, 0.15) is 5.75 Å². The van der Waals surface area contributed by atoms with E-state index in [1.165, 1.54) is 17.5 Å². The molecule has 7 heteroatoms. The quantitative estimate of drug-likeness (QED) is 0.790. The molecular formula is C14H23BrN2O3S. The number of nitrogens with zero attached hydrogens (tertiary/aromatic N) is 1. The standard InChI is InChI=1S/C14H23BrN2O3S/c1-10(2)13(16)7-8-17(3)21(18,19)11-5-6-14(20-4)12(15)9-11/h5-6,9-10,13H,7-8,16H2,1-4H3. The molecule has 0 heterocycles. The zero-order chi connectivity index (χ0) is 16.2. The number of benzene rings is 1. The molecule has 0 fully saturated rings. The highest BCUT2D eigenvalue weighted by atomic mass is 79.9. The monoisotopic (exact) mass is 378 g/mol. The van der Waals surface area contributed by atoms with Gasteiger partial charge in [-0.2, -0.15) is 0 Å². The Morgan fingerprint density at radius 2 is 2.00 bits per heavy atom. The van der Waals surface area contributed by atoms with Crippen LogP contribution in [0.15, 0.2) is 27.6 Å². The van der Waals surface area contributed by atoms with Gasteiger partial charge in [-0.05, 0) is 46.5 Å². The van der Waals surface area contributed by atoms with E-state index in [4.69, 9.17) is 10.5 Å². The molecule has 0 saturated carbocycles. The number of methoxy groups -OCH3 is 1. The Morgan fingerprint density at radius 3 is 2.48 bits per heavy atom. The third-order valence-electron chi connectivity index (χ3n) is 3.47. The van der Waals surface area contributed by atoms with Crippen LogP contribution in [0.25, 0.3) is 0 Å². The van der Waals surface area contributed by atoms with Crippen molar-refractivity contribution in [2.45, 2.75) is 31.2 Å². The summed E-state index contributed by atoms with van der Waals surface area (Å²) in [5.41, 5.74) is 5.96. The lowest BCUT2D eigenvalue weighted by atomic mass is 10.0. The number of hydrogen-bond acceptors (Lipinski definition) is 4. The highest BCUT2D eigenvalue weighted by Crippen LogP contribution is 2.28. The van der Waals surface area contributed by atoms with Gasteiger partial charge in [0.25, 0.3) is 0 Å². The highest BCUT2D eigenvalue weighted by molar-refractivity contribution is 9.10. The van der Waals surface area contributed by atoms with E-state index < -0.39 is 10.0 Å². The van der Waals surface area contributed by atoms with Gasteiger partial charge >= 0.3 is 0 Å². The number of nitrogens with two attached hydrogens (primary N) is 1. The molecule has 0 aliphatic rings. The summed E-state index contributed by atoms with van der Waals surface area (Å²) in [6.07, 6.45) is 0.630. The molecule has 1 atom stereocenters. The second-order valence-electron chi connectivity index (χ2n) is 5.32. The third kappa shape index (κ3) is 4.67. The molecule has 2 N–H and O–H groups in total. The molecule has 1 rings (SSSR count). The van der Waals surface area contributed by atoms with Crippen molar-refractivity contribution in [2.75, 3.05) is 20.7 Å². The van der Waals surface area contributed by atoms with Crippen LogP contribution in [-0.2, 0) is 10.0 Å². The maximum absolute atomic E-state index is 12.5. The van der Waals surface area contributed by atoms with Crippen LogP contribution in [-0.4, -0.2) is 39.5 Å². The molecule has 1 aromatic carbocycles. The van der Waals surface area contributed by atoms with Crippen LogP contribution in [0.2, 0.25) is 0 Å². The Labute approximate surface area is 135 Å². The minimum Gasteiger partial charge on any atom is -0.496 e. The Hall–Kier alpha value is -0.630. The maximum Gasteiger partial charge on any atom is 0.242 e. The number of ether oxygens (including phenoxy) is 1. The molecule has 0 amide bonds. The summed E-state index contributed by atoms with van der Waals surface area (Å²) in [6, 6.07) is 4.71. The molecule has 0 aromatic heterocycles. The zero-order valence-corrected chi connectivity index (χ0v) is 15.2. The van der Waals surface area contributed by atoms with Gasteiger partial charge in [-0.25, -0.2) is 12.7 Å². The van der Waals surface area contributed by atoms with Crippen molar-refractivity contribution in [3.63, 3.8) is 0 Å². The Morgan fingerprint density at radius 1 is 1.38 bits per heavy atom. The molecule has 0 radical (unpaired) electrons. The number of halogens is 1. The minimum absolute atomic E-state index is 0.00902. The molecule has 0 aliphatic carbocycles. The van der Waals surface area contributed by atoms with Gasteiger partial charge in [-0.3, -0.25) is 0 Å². The molecule has 120 valence electrons. The molecule has 5 nitrogen and oxygen atoms in total. The molecule has 1 aromatic rings. The van der Waals surface area contributed by atoms with E-state index in [9.17, 15) is 8.42 Å². The minimum atomic E-state index is -3.52. The van der Waals surface area contributed by atoms with Crippen LogP contribution < -0.4 is 10.5 Å². The van der Waals surface area contributed by atoms with Crippen molar-refractivity contribution in [3.8, 4) is 5.75 Å². The Kier molecular flexibility index (Phi) is 6.65. The second kappa shape index (κ2) is 7.58. The van der Waals surface area contributed by atoms with Crippen LogP contribution in [0, 0.1) is 5.92 Å². The van der Waals surface area contributed by atoms with Crippen LogP contribution in [0.1, 0.15) is 20.3 Å². The van der Waals surface area contributed by atoms with Crippen LogP contribution >= 0.6 is 15.9 Å². The SMILES string of the molecule is COc1ccc(S(=O)(=O)N(C)CCC(N)C(C)C)cc1Br. The zero-order valence-electron chi connectivity index (χ0n) is 12.8. The Bertz CT molecular complexity index is 576. The van der Waals surface area contributed by atoms with E-state index in [-0.39, 0.29) is 10.9 Å². The van der Waals surface area contributed by atoms with Gasteiger partial charge in [0, 0.05) is 19.6 Å². The topological polar surface area (TPSA) is 72.6 Å². The summed E-state index contributed by atoms with van der Waals surface area (Å²) in [7, 11) is -0.410. The van der Waals surface area contributed by atoms with E-state index in [0.717, 1.165) is 0 Å². The lowest BCUT2D eigenvalue weighted by Gasteiger charge is -2.21. The first kappa shape index (κ1) is 18.4. The van der Waals surface area contributed by atoms with Crippen molar-refractivity contribution in [2.24, 2.45) is 11.7 Å². The fourth-order valence-corrected chi connectivity index (χ4v) is 3.68. The van der Waals surface area contributed by atoms with E-state index in [1.807, 2.05) is 13.8 Å². The van der Waals surface area contributed by atoms with Crippen molar-refractivity contribution in [1.29, 1.82) is 0 Å². The van der Waals surface area contributed by atoms with Gasteiger partial charge < -0.3 is 10.5 Å². The smallest absolute Gasteiger partial charge is 0.242 e. The number of sulfonamides is 1. The van der Waals surface area contributed by atoms with Gasteiger partial charge in [0.2, 0.25) is 10.0 Å². The third-order valence-corrected chi connectivity index (χ3v) is 5.94. The lowest BCUT2D eigenvalue weighted by Crippen LogP contribution is -2.34. The average molecular weight is 379 g/mol. The van der Waals surface area contributed by atoms with Gasteiger partial charge in [-0.15, -0.1) is 0 Å². The van der Waals surface area contributed by atoms with E-state index >= 15 is 0 Å². The summed E-state index contributed by atoms with van der Waals surface area (Å²) in [4.78, 5) is 0.232. The van der Waals surface area contributed by atoms with Crippen LogP contribution in [0.5, 0.6) is 5.75 Å². The summed E-state index contributed by atoms with van der Waals surface area (Å²) < 4.78 is 32.0. The largest absolute Gasteiger partial charge is 0.496 e. The van der Waals surface area contributed by atoms with Gasteiger partial charge in [0.15, 0.2) is 0 Å². The van der Waals surface area contributed by atoms with E-state index in [2.05, 4.69) is 15.9 Å². The summed E-state index contributed by atoms with van der Waals surface area (Å²) in [5.74, 6) is 0.926.